The number of fused-ring (bicyclic) bond motifs is 1. The van der Waals surface area contributed by atoms with Crippen molar-refractivity contribution in [2.24, 2.45) is 0 Å². The average Bonchev–Trinajstić information content (AvgIpc) is 2.85. The lowest BCUT2D eigenvalue weighted by Gasteiger charge is -2.34. The number of nitrogens with one attached hydrogen (secondary N) is 1. The number of aromatic nitrogens is 1. The summed E-state index contributed by atoms with van der Waals surface area (Å²) in [5, 5.41) is 1.95. The zero-order chi connectivity index (χ0) is 23.5. The van der Waals surface area contributed by atoms with Crippen molar-refractivity contribution < 1.29 is 13.2 Å². The molecule has 0 amide bonds. The molecule has 182 valence electrons. The monoisotopic (exact) mass is 510 g/mol. The van der Waals surface area contributed by atoms with Gasteiger partial charge in [-0.3, -0.25) is 4.72 Å². The topological polar surface area (TPSA) is 74.8 Å². The molecule has 3 aromatic carbocycles. The molecule has 0 atom stereocenters. The fourth-order valence-corrected chi connectivity index (χ4v) is 4.99. The number of sulfonamides is 1. The highest BCUT2D eigenvalue weighted by atomic mass is 35.5. The SMILES string of the molecule is CN1CCN(c2nc(NS(=O)(=O)c3ccc(Oc4ccccc4)cc3)cc3ccccc23)CC1.Cl. The van der Waals surface area contributed by atoms with Gasteiger partial charge in [0, 0.05) is 31.6 Å². The molecule has 1 aliphatic heterocycles. The minimum Gasteiger partial charge on any atom is -0.457 e. The van der Waals surface area contributed by atoms with Gasteiger partial charge in [0.2, 0.25) is 0 Å². The van der Waals surface area contributed by atoms with Crippen LogP contribution in [0.1, 0.15) is 0 Å². The summed E-state index contributed by atoms with van der Waals surface area (Å²) >= 11 is 0. The number of hydrogen-bond donors (Lipinski definition) is 1. The lowest BCUT2D eigenvalue weighted by molar-refractivity contribution is 0.312. The van der Waals surface area contributed by atoms with Crippen LogP contribution in [0.25, 0.3) is 10.8 Å². The van der Waals surface area contributed by atoms with Gasteiger partial charge in [-0.1, -0.05) is 42.5 Å². The Balaban J connectivity index is 0.00000289. The number of benzene rings is 3. The predicted octanol–water partition coefficient (Wildman–Crippen LogP) is 5.00. The second-order valence-corrected chi connectivity index (χ2v) is 10.0. The molecule has 0 saturated carbocycles. The third kappa shape index (κ3) is 5.67. The van der Waals surface area contributed by atoms with Crippen LogP contribution in [0.5, 0.6) is 11.5 Å². The Bertz CT molecular complexity index is 1390. The van der Waals surface area contributed by atoms with Crippen LogP contribution in [0, 0.1) is 0 Å². The van der Waals surface area contributed by atoms with E-state index in [1.165, 1.54) is 12.1 Å². The first-order valence-electron chi connectivity index (χ1n) is 11.2. The maximum absolute atomic E-state index is 13.1. The van der Waals surface area contributed by atoms with Crippen LogP contribution < -0.4 is 14.4 Å². The van der Waals surface area contributed by atoms with Crippen molar-refractivity contribution in [2.45, 2.75) is 4.90 Å². The number of likely N-dealkylation sites (N-methyl/N-ethyl adjacent to an activating group) is 1. The van der Waals surface area contributed by atoms with Crippen LogP contribution in [-0.2, 0) is 10.0 Å². The quantitative estimate of drug-likeness (QED) is 0.393. The third-order valence-electron chi connectivity index (χ3n) is 5.87. The highest BCUT2D eigenvalue weighted by Gasteiger charge is 2.21. The van der Waals surface area contributed by atoms with Crippen molar-refractivity contribution in [3.63, 3.8) is 0 Å². The molecular formula is C26H27ClN4O3S. The summed E-state index contributed by atoms with van der Waals surface area (Å²) < 4.78 is 34.7. The number of pyridine rings is 1. The lowest BCUT2D eigenvalue weighted by atomic mass is 10.1. The molecule has 7 nitrogen and oxygen atoms in total. The van der Waals surface area contributed by atoms with E-state index in [9.17, 15) is 8.42 Å². The van der Waals surface area contributed by atoms with E-state index in [1.807, 2.05) is 54.6 Å². The molecule has 0 radical (unpaired) electrons. The van der Waals surface area contributed by atoms with Gasteiger partial charge in [-0.05, 0) is 54.9 Å². The predicted molar refractivity (Wildman–Crippen MR) is 142 cm³/mol. The Morgan fingerprint density at radius 1 is 0.829 bits per heavy atom. The van der Waals surface area contributed by atoms with Gasteiger partial charge >= 0.3 is 0 Å². The van der Waals surface area contributed by atoms with Crippen LogP contribution in [0.4, 0.5) is 11.6 Å². The number of ether oxygens (including phenoxy) is 1. The molecule has 0 unspecified atom stereocenters. The average molecular weight is 511 g/mol. The number of anilines is 2. The van der Waals surface area contributed by atoms with Gasteiger partial charge in [-0.15, -0.1) is 12.4 Å². The van der Waals surface area contributed by atoms with E-state index in [0.717, 1.165) is 42.8 Å². The number of rotatable bonds is 6. The van der Waals surface area contributed by atoms with Gasteiger partial charge in [0.05, 0.1) is 4.90 Å². The summed E-state index contributed by atoms with van der Waals surface area (Å²) in [5.41, 5.74) is 0. The smallest absolute Gasteiger partial charge is 0.263 e. The number of para-hydroxylation sites is 1. The maximum atomic E-state index is 13.1. The second kappa shape index (κ2) is 10.5. The maximum Gasteiger partial charge on any atom is 0.263 e. The van der Waals surface area contributed by atoms with Crippen molar-refractivity contribution in [2.75, 3.05) is 42.8 Å². The molecule has 35 heavy (non-hydrogen) atoms. The number of hydrogen-bond acceptors (Lipinski definition) is 6. The molecule has 0 spiro atoms. The van der Waals surface area contributed by atoms with E-state index >= 15 is 0 Å². The number of halogens is 1. The molecule has 9 heteroatoms. The van der Waals surface area contributed by atoms with Crippen molar-refractivity contribution in [3.05, 3.63) is 84.9 Å². The van der Waals surface area contributed by atoms with Crippen molar-refractivity contribution in [1.82, 2.24) is 9.88 Å². The second-order valence-electron chi connectivity index (χ2n) is 8.33. The van der Waals surface area contributed by atoms with Crippen LogP contribution in [-0.4, -0.2) is 51.5 Å². The van der Waals surface area contributed by atoms with E-state index < -0.39 is 10.0 Å². The first-order chi connectivity index (χ1) is 16.5. The van der Waals surface area contributed by atoms with Crippen LogP contribution in [0.2, 0.25) is 0 Å². The highest BCUT2D eigenvalue weighted by molar-refractivity contribution is 7.92. The first kappa shape index (κ1) is 24.8. The van der Waals surface area contributed by atoms with Gasteiger partial charge in [0.1, 0.15) is 23.1 Å². The minimum absolute atomic E-state index is 0. The Kier molecular flexibility index (Phi) is 7.45. The molecular weight excluding hydrogens is 484 g/mol. The summed E-state index contributed by atoms with van der Waals surface area (Å²) in [6.07, 6.45) is 0. The van der Waals surface area contributed by atoms with Gasteiger partial charge in [0.15, 0.2) is 0 Å². The molecule has 5 rings (SSSR count). The highest BCUT2D eigenvalue weighted by Crippen LogP contribution is 2.30. The van der Waals surface area contributed by atoms with E-state index in [0.29, 0.717) is 17.3 Å². The molecule has 0 aliphatic carbocycles. The minimum atomic E-state index is -3.82. The molecule has 1 fully saturated rings. The van der Waals surface area contributed by atoms with Crippen molar-refractivity contribution >= 4 is 44.8 Å². The van der Waals surface area contributed by atoms with Gasteiger partial charge in [0.25, 0.3) is 10.0 Å². The van der Waals surface area contributed by atoms with E-state index in [-0.39, 0.29) is 17.3 Å². The number of nitrogens with zero attached hydrogens (tertiary/aromatic N) is 3. The first-order valence-corrected chi connectivity index (χ1v) is 12.7. The van der Waals surface area contributed by atoms with E-state index in [4.69, 9.17) is 9.72 Å². The third-order valence-corrected chi connectivity index (χ3v) is 7.25. The Morgan fingerprint density at radius 3 is 2.17 bits per heavy atom. The zero-order valence-corrected chi connectivity index (χ0v) is 20.9. The molecule has 1 saturated heterocycles. The molecule has 0 bridgehead atoms. The van der Waals surface area contributed by atoms with Crippen LogP contribution in [0.3, 0.4) is 0 Å². The molecule has 1 aromatic heterocycles. The Labute approximate surface area is 211 Å². The lowest BCUT2D eigenvalue weighted by Crippen LogP contribution is -2.45. The van der Waals surface area contributed by atoms with Gasteiger partial charge in [-0.2, -0.15) is 0 Å². The summed E-state index contributed by atoms with van der Waals surface area (Å²) in [6, 6.07) is 25.4. The Morgan fingerprint density at radius 2 is 1.46 bits per heavy atom. The van der Waals surface area contributed by atoms with Crippen LogP contribution in [0.15, 0.2) is 89.8 Å². The summed E-state index contributed by atoms with van der Waals surface area (Å²) in [6.45, 7) is 3.55. The summed E-state index contributed by atoms with van der Waals surface area (Å²) in [7, 11) is -1.72. The standard InChI is InChI=1S/C26H26N4O3S.ClH/c1-29-15-17-30(18-16-29)26-24-10-6-5-7-20(24)19-25(27-26)28-34(31,32)23-13-11-22(12-14-23)33-21-8-3-2-4-9-21;/h2-14,19H,15-18H2,1H3,(H,27,28);1H. The normalized spacial score (nSPS) is 14.4. The fourth-order valence-electron chi connectivity index (χ4n) is 4.00. The zero-order valence-electron chi connectivity index (χ0n) is 19.3. The largest absolute Gasteiger partial charge is 0.457 e. The molecule has 1 N–H and O–H groups in total. The van der Waals surface area contributed by atoms with Gasteiger partial charge < -0.3 is 14.5 Å². The summed E-state index contributed by atoms with van der Waals surface area (Å²) in [5.74, 6) is 2.35. The van der Waals surface area contributed by atoms with Crippen molar-refractivity contribution in [3.8, 4) is 11.5 Å². The molecule has 2 heterocycles. The Hall–Kier alpha value is -3.33. The van der Waals surface area contributed by atoms with E-state index in [2.05, 4.69) is 21.6 Å². The molecule has 1 aliphatic rings. The van der Waals surface area contributed by atoms with Crippen molar-refractivity contribution in [1.29, 1.82) is 0 Å². The number of piperazine rings is 1. The van der Waals surface area contributed by atoms with E-state index in [1.54, 1.807) is 18.2 Å². The fraction of sp³-hybridized carbons (Fsp3) is 0.192. The van der Waals surface area contributed by atoms with Crippen LogP contribution >= 0.6 is 12.4 Å². The summed E-state index contributed by atoms with van der Waals surface area (Å²) in [4.78, 5) is 9.36. The van der Waals surface area contributed by atoms with Gasteiger partial charge in [-0.25, -0.2) is 13.4 Å². The molecule has 4 aromatic rings.